The highest BCUT2D eigenvalue weighted by atomic mass is 16.5. The highest BCUT2D eigenvalue weighted by Gasteiger charge is 2.32. The van der Waals surface area contributed by atoms with Crippen LogP contribution in [0.4, 0.5) is 0 Å². The number of hydrogen-bond donors (Lipinski definition) is 1. The quantitative estimate of drug-likeness (QED) is 0.819. The average Bonchev–Trinajstić information content (AvgIpc) is 2.35. The van der Waals surface area contributed by atoms with Crippen LogP contribution < -0.4 is 5.32 Å². The molecule has 0 saturated heterocycles. The maximum Gasteiger partial charge on any atom is 0.156 e. The predicted molar refractivity (Wildman–Crippen MR) is 68.5 cm³/mol. The van der Waals surface area contributed by atoms with Crippen molar-refractivity contribution in [3.63, 3.8) is 0 Å². The molecule has 1 atom stereocenters. The van der Waals surface area contributed by atoms with Crippen LogP contribution in [-0.2, 0) is 10.3 Å². The Morgan fingerprint density at radius 2 is 2.00 bits per heavy atom. The largest absolute Gasteiger partial charge is 0.378 e. The summed E-state index contributed by atoms with van der Waals surface area (Å²) in [5.74, 6) is 0. The first kappa shape index (κ1) is 13.7. The van der Waals surface area contributed by atoms with Gasteiger partial charge in [-0.25, -0.2) is 0 Å². The smallest absolute Gasteiger partial charge is 0.156 e. The summed E-state index contributed by atoms with van der Waals surface area (Å²) in [6.07, 6.45) is 0. The SMILES string of the molecule is CCOCC(C#N)(NC(C)C)c1ccccc1. The lowest BCUT2D eigenvalue weighted by Gasteiger charge is -2.30. The molecule has 3 nitrogen and oxygen atoms in total. The number of benzene rings is 1. The van der Waals surface area contributed by atoms with Gasteiger partial charge in [-0.05, 0) is 26.3 Å². The van der Waals surface area contributed by atoms with Crippen LogP contribution in [0.25, 0.3) is 0 Å². The van der Waals surface area contributed by atoms with Gasteiger partial charge in [0.1, 0.15) is 0 Å². The Morgan fingerprint density at radius 3 is 2.47 bits per heavy atom. The molecule has 0 bridgehead atoms. The van der Waals surface area contributed by atoms with Crippen LogP contribution in [0.3, 0.4) is 0 Å². The Kier molecular flexibility index (Phi) is 5.14. The zero-order valence-electron chi connectivity index (χ0n) is 10.7. The second-order valence-electron chi connectivity index (χ2n) is 4.32. The molecular weight excluding hydrogens is 212 g/mol. The van der Waals surface area contributed by atoms with E-state index >= 15 is 0 Å². The molecule has 0 aliphatic carbocycles. The van der Waals surface area contributed by atoms with E-state index in [9.17, 15) is 5.26 Å². The van der Waals surface area contributed by atoms with Crippen molar-refractivity contribution < 1.29 is 4.74 Å². The summed E-state index contributed by atoms with van der Waals surface area (Å²) in [6, 6.07) is 12.3. The molecule has 1 N–H and O–H groups in total. The molecule has 1 aromatic rings. The summed E-state index contributed by atoms with van der Waals surface area (Å²) in [7, 11) is 0. The summed E-state index contributed by atoms with van der Waals surface area (Å²) >= 11 is 0. The molecule has 1 aromatic carbocycles. The van der Waals surface area contributed by atoms with E-state index in [1.54, 1.807) is 0 Å². The van der Waals surface area contributed by atoms with Gasteiger partial charge in [-0.15, -0.1) is 0 Å². The van der Waals surface area contributed by atoms with Crippen molar-refractivity contribution >= 4 is 0 Å². The van der Waals surface area contributed by atoms with Gasteiger partial charge in [0.05, 0.1) is 12.7 Å². The van der Waals surface area contributed by atoms with Crippen molar-refractivity contribution in [3.05, 3.63) is 35.9 Å². The van der Waals surface area contributed by atoms with Crippen LogP contribution in [0.2, 0.25) is 0 Å². The number of nitrogens with one attached hydrogen (secondary N) is 1. The van der Waals surface area contributed by atoms with Gasteiger partial charge in [-0.1, -0.05) is 30.3 Å². The third-order valence-electron chi connectivity index (χ3n) is 2.52. The molecule has 1 unspecified atom stereocenters. The lowest BCUT2D eigenvalue weighted by atomic mass is 9.91. The zero-order chi connectivity index (χ0) is 12.7. The van der Waals surface area contributed by atoms with E-state index in [0.717, 1.165) is 5.56 Å². The molecule has 0 aliphatic rings. The molecule has 1 rings (SSSR count). The van der Waals surface area contributed by atoms with Crippen LogP contribution in [0.1, 0.15) is 26.3 Å². The number of ether oxygens (including phenoxy) is 1. The van der Waals surface area contributed by atoms with Gasteiger partial charge in [0.25, 0.3) is 0 Å². The van der Waals surface area contributed by atoms with Gasteiger partial charge < -0.3 is 4.74 Å². The normalized spacial score (nSPS) is 14.3. The molecule has 0 radical (unpaired) electrons. The lowest BCUT2D eigenvalue weighted by molar-refractivity contribution is 0.0948. The molecule has 92 valence electrons. The second-order valence-corrected chi connectivity index (χ2v) is 4.32. The van der Waals surface area contributed by atoms with Crippen LogP contribution in [0.5, 0.6) is 0 Å². The Labute approximate surface area is 103 Å². The van der Waals surface area contributed by atoms with Crippen LogP contribution >= 0.6 is 0 Å². The third kappa shape index (κ3) is 3.55. The second kappa shape index (κ2) is 6.39. The van der Waals surface area contributed by atoms with Gasteiger partial charge in [0.15, 0.2) is 5.54 Å². The van der Waals surface area contributed by atoms with Crippen LogP contribution in [0.15, 0.2) is 30.3 Å². The predicted octanol–water partition coefficient (Wildman–Crippen LogP) is 2.44. The molecule has 0 amide bonds. The molecule has 0 heterocycles. The number of hydrogen-bond acceptors (Lipinski definition) is 3. The highest BCUT2D eigenvalue weighted by molar-refractivity contribution is 5.31. The lowest BCUT2D eigenvalue weighted by Crippen LogP contribution is -2.48. The van der Waals surface area contributed by atoms with Crippen molar-refractivity contribution in [2.75, 3.05) is 13.2 Å². The van der Waals surface area contributed by atoms with Gasteiger partial charge in [-0.3, -0.25) is 5.32 Å². The van der Waals surface area contributed by atoms with Crippen molar-refractivity contribution in [1.82, 2.24) is 5.32 Å². The molecule has 3 heteroatoms. The van der Waals surface area contributed by atoms with E-state index in [4.69, 9.17) is 4.74 Å². The van der Waals surface area contributed by atoms with Gasteiger partial charge in [0.2, 0.25) is 0 Å². The number of nitriles is 1. The Balaban J connectivity index is 3.03. The summed E-state index contributed by atoms with van der Waals surface area (Å²) in [5, 5.41) is 12.8. The number of rotatable bonds is 6. The molecular formula is C14H20N2O. The van der Waals surface area contributed by atoms with Crippen LogP contribution in [-0.4, -0.2) is 19.3 Å². The van der Waals surface area contributed by atoms with E-state index in [-0.39, 0.29) is 6.04 Å². The molecule has 0 spiro atoms. The van der Waals surface area contributed by atoms with Crippen molar-refractivity contribution in [2.24, 2.45) is 0 Å². The van der Waals surface area contributed by atoms with E-state index in [2.05, 4.69) is 11.4 Å². The fourth-order valence-corrected chi connectivity index (χ4v) is 1.81. The van der Waals surface area contributed by atoms with E-state index < -0.39 is 5.54 Å². The maximum absolute atomic E-state index is 9.51. The standard InChI is InChI=1S/C14H20N2O/c1-4-17-11-14(10-15,16-12(2)3)13-8-6-5-7-9-13/h5-9,12,16H,4,11H2,1-3H3. The maximum atomic E-state index is 9.51. The summed E-state index contributed by atoms with van der Waals surface area (Å²) in [6.45, 7) is 6.96. The van der Waals surface area contributed by atoms with Crippen molar-refractivity contribution in [1.29, 1.82) is 5.26 Å². The van der Waals surface area contributed by atoms with E-state index in [1.807, 2.05) is 51.1 Å². The average molecular weight is 232 g/mol. The highest BCUT2D eigenvalue weighted by Crippen LogP contribution is 2.21. The fraction of sp³-hybridized carbons (Fsp3) is 0.500. The molecule has 0 saturated carbocycles. The Bertz CT molecular complexity index is 370. The summed E-state index contributed by atoms with van der Waals surface area (Å²) in [5.41, 5.74) is 0.190. The minimum absolute atomic E-state index is 0.218. The van der Waals surface area contributed by atoms with Crippen molar-refractivity contribution in [2.45, 2.75) is 32.4 Å². The molecule has 0 aliphatic heterocycles. The third-order valence-corrected chi connectivity index (χ3v) is 2.52. The first-order valence-corrected chi connectivity index (χ1v) is 5.97. The van der Waals surface area contributed by atoms with Crippen molar-refractivity contribution in [3.8, 4) is 6.07 Å². The first-order valence-electron chi connectivity index (χ1n) is 5.97. The molecule has 0 aromatic heterocycles. The van der Waals surface area contributed by atoms with Crippen LogP contribution in [0, 0.1) is 11.3 Å². The summed E-state index contributed by atoms with van der Waals surface area (Å²) < 4.78 is 5.46. The topological polar surface area (TPSA) is 45.0 Å². The fourth-order valence-electron chi connectivity index (χ4n) is 1.81. The Hall–Kier alpha value is -1.37. The zero-order valence-corrected chi connectivity index (χ0v) is 10.7. The summed E-state index contributed by atoms with van der Waals surface area (Å²) in [4.78, 5) is 0. The molecule has 17 heavy (non-hydrogen) atoms. The minimum Gasteiger partial charge on any atom is -0.378 e. The first-order chi connectivity index (χ1) is 8.14. The van der Waals surface area contributed by atoms with Gasteiger partial charge in [0, 0.05) is 12.6 Å². The number of nitrogens with zero attached hydrogens (tertiary/aromatic N) is 1. The van der Waals surface area contributed by atoms with E-state index in [0.29, 0.717) is 13.2 Å². The van der Waals surface area contributed by atoms with Gasteiger partial charge in [-0.2, -0.15) is 5.26 Å². The van der Waals surface area contributed by atoms with Gasteiger partial charge >= 0.3 is 0 Å². The monoisotopic (exact) mass is 232 g/mol. The Morgan fingerprint density at radius 1 is 1.35 bits per heavy atom. The van der Waals surface area contributed by atoms with E-state index in [1.165, 1.54) is 0 Å². The molecule has 0 fully saturated rings. The minimum atomic E-state index is -0.758.